The predicted molar refractivity (Wildman–Crippen MR) is 212 cm³/mol. The highest BCUT2D eigenvalue weighted by Crippen LogP contribution is 2.36. The number of imidazole rings is 2. The number of hydrogen-bond acceptors (Lipinski definition) is 7. The van der Waals surface area contributed by atoms with E-state index in [0.29, 0.717) is 32.6 Å². The SMILES string of the molecule is COC(=O)N[C@H](C(=O)N1CCC[C@H]1c1ncc(-c2ccc(-c3ccc(-c4cnc([C@@H]5CCCN5C(=O)[C@H](C)c5ccccc5)[nH]4)cc3)cc2)[nH]1)C1CCOCC1. The topological polar surface area (TPSA) is 146 Å². The molecule has 0 spiro atoms. The van der Waals surface area contributed by atoms with Gasteiger partial charge in [0.1, 0.15) is 17.7 Å². The highest BCUT2D eigenvalue weighted by atomic mass is 16.5. The normalized spacial score (nSPS) is 19.8. The van der Waals surface area contributed by atoms with Crippen LogP contribution in [-0.2, 0) is 19.1 Å². The van der Waals surface area contributed by atoms with Gasteiger partial charge in [-0.25, -0.2) is 14.8 Å². The number of nitrogens with one attached hydrogen (secondary N) is 3. The molecule has 2 aromatic heterocycles. The number of alkyl carbamates (subject to hydrolysis) is 1. The minimum Gasteiger partial charge on any atom is -0.453 e. The quantitative estimate of drug-likeness (QED) is 0.135. The number of hydrogen-bond donors (Lipinski definition) is 3. The van der Waals surface area contributed by atoms with E-state index < -0.39 is 12.1 Å². The highest BCUT2D eigenvalue weighted by molar-refractivity contribution is 5.87. The molecule has 56 heavy (non-hydrogen) atoms. The zero-order chi connectivity index (χ0) is 38.6. The number of methoxy groups -OCH3 is 1. The third kappa shape index (κ3) is 7.70. The summed E-state index contributed by atoms with van der Waals surface area (Å²) in [7, 11) is 1.31. The molecule has 8 rings (SSSR count). The van der Waals surface area contributed by atoms with E-state index in [1.807, 2.05) is 59.4 Å². The first-order chi connectivity index (χ1) is 27.4. The third-order valence-electron chi connectivity index (χ3n) is 11.8. The van der Waals surface area contributed by atoms with Crippen molar-refractivity contribution in [3.8, 4) is 33.6 Å². The molecule has 12 nitrogen and oxygen atoms in total. The smallest absolute Gasteiger partial charge is 0.407 e. The van der Waals surface area contributed by atoms with E-state index in [9.17, 15) is 14.4 Å². The van der Waals surface area contributed by atoms with Crippen LogP contribution in [0.1, 0.15) is 80.7 Å². The van der Waals surface area contributed by atoms with Gasteiger partial charge < -0.3 is 34.6 Å². The van der Waals surface area contributed by atoms with Gasteiger partial charge in [-0.1, -0.05) is 78.9 Å². The Hall–Kier alpha value is -5.75. The van der Waals surface area contributed by atoms with Crippen molar-refractivity contribution in [1.82, 2.24) is 35.1 Å². The van der Waals surface area contributed by atoms with E-state index in [1.54, 1.807) is 0 Å². The van der Waals surface area contributed by atoms with Gasteiger partial charge >= 0.3 is 6.09 Å². The zero-order valence-electron chi connectivity index (χ0n) is 31.9. The molecule has 3 aromatic carbocycles. The minimum absolute atomic E-state index is 0.0161. The van der Waals surface area contributed by atoms with E-state index >= 15 is 0 Å². The molecular formula is C44H49N7O5. The lowest BCUT2D eigenvalue weighted by molar-refractivity contribution is -0.137. The second kappa shape index (κ2) is 16.5. The molecule has 3 aliphatic heterocycles. The number of nitrogens with zero attached hydrogens (tertiary/aromatic N) is 4. The Kier molecular flexibility index (Phi) is 11.0. The number of ether oxygens (including phenoxy) is 2. The van der Waals surface area contributed by atoms with Crippen LogP contribution in [0.3, 0.4) is 0 Å². The van der Waals surface area contributed by atoms with Gasteiger partial charge in [-0.3, -0.25) is 9.59 Å². The summed E-state index contributed by atoms with van der Waals surface area (Å²) in [5, 5.41) is 2.81. The minimum atomic E-state index is -0.672. The lowest BCUT2D eigenvalue weighted by Crippen LogP contribution is -2.53. The molecule has 0 aliphatic carbocycles. The van der Waals surface area contributed by atoms with Crippen LogP contribution >= 0.6 is 0 Å². The van der Waals surface area contributed by atoms with E-state index in [1.165, 1.54) is 7.11 Å². The van der Waals surface area contributed by atoms with Crippen LogP contribution in [-0.4, -0.2) is 87.1 Å². The zero-order valence-corrected chi connectivity index (χ0v) is 31.9. The van der Waals surface area contributed by atoms with Crippen LogP contribution in [0.5, 0.6) is 0 Å². The van der Waals surface area contributed by atoms with Gasteiger partial charge in [0, 0.05) is 26.3 Å². The number of benzene rings is 3. The number of likely N-dealkylation sites (tertiary alicyclic amines) is 2. The molecule has 12 heteroatoms. The lowest BCUT2D eigenvalue weighted by atomic mass is 9.90. The number of aromatic nitrogens is 4. The highest BCUT2D eigenvalue weighted by Gasteiger charge is 2.40. The Morgan fingerprint density at radius 1 is 0.714 bits per heavy atom. The fourth-order valence-corrected chi connectivity index (χ4v) is 8.55. The Morgan fingerprint density at radius 2 is 1.21 bits per heavy atom. The molecule has 290 valence electrons. The fraction of sp³-hybridized carbons (Fsp3) is 0.386. The van der Waals surface area contributed by atoms with Gasteiger partial charge in [0.25, 0.3) is 0 Å². The van der Waals surface area contributed by atoms with Crippen molar-refractivity contribution in [2.45, 2.75) is 69.5 Å². The van der Waals surface area contributed by atoms with Gasteiger partial charge in [0.15, 0.2) is 0 Å². The molecule has 4 atom stereocenters. The van der Waals surface area contributed by atoms with Crippen LogP contribution in [0.15, 0.2) is 91.3 Å². The number of H-pyrrole nitrogens is 2. The van der Waals surface area contributed by atoms with E-state index in [0.717, 1.165) is 83.1 Å². The average Bonchev–Trinajstić information content (AvgIpc) is 4.10. The predicted octanol–water partition coefficient (Wildman–Crippen LogP) is 7.42. The fourth-order valence-electron chi connectivity index (χ4n) is 8.55. The standard InChI is InChI=1S/C44H49N7O5/c1-28(29-8-4-3-5-9-29)42(52)50-22-6-10-37(50)40-45-26-35(47-40)32-16-12-30(13-17-32)31-14-18-33(19-15-31)36-27-46-41(48-36)38-11-7-23-51(38)43(53)39(49-44(54)55-2)34-20-24-56-25-21-34/h3-5,8-9,12-19,26-28,34,37-39H,6-7,10-11,20-25H2,1-2H3,(H,45,47)(H,46,48)(H,49,54)/t28-,37+,38+,39+/m1/s1. The summed E-state index contributed by atoms with van der Waals surface area (Å²) in [6.07, 6.45) is 7.98. The van der Waals surface area contributed by atoms with E-state index in [4.69, 9.17) is 19.4 Å². The Balaban J connectivity index is 0.916. The van der Waals surface area contributed by atoms with E-state index in [-0.39, 0.29) is 35.7 Å². The van der Waals surface area contributed by atoms with Crippen molar-refractivity contribution in [2.24, 2.45) is 5.92 Å². The molecule has 3 saturated heterocycles. The maximum absolute atomic E-state index is 13.9. The summed E-state index contributed by atoms with van der Waals surface area (Å²) >= 11 is 0. The van der Waals surface area contributed by atoms with Gasteiger partial charge in [0.05, 0.1) is 48.9 Å². The van der Waals surface area contributed by atoms with Crippen molar-refractivity contribution in [3.05, 3.63) is 108 Å². The first kappa shape index (κ1) is 37.2. The summed E-state index contributed by atoms with van der Waals surface area (Å²) < 4.78 is 10.4. The van der Waals surface area contributed by atoms with Gasteiger partial charge in [-0.2, -0.15) is 0 Å². The van der Waals surface area contributed by atoms with E-state index in [2.05, 4.69) is 63.8 Å². The number of carbonyl (C=O) groups is 3. The van der Waals surface area contributed by atoms with Crippen LogP contribution in [0, 0.1) is 5.92 Å². The number of rotatable bonds is 10. The molecule has 0 bridgehead atoms. The molecule has 3 N–H and O–H groups in total. The summed E-state index contributed by atoms with van der Waals surface area (Å²) in [6, 6.07) is 25.8. The van der Waals surface area contributed by atoms with Crippen molar-refractivity contribution >= 4 is 17.9 Å². The Labute approximate surface area is 327 Å². The Bertz CT molecular complexity index is 2120. The number of carbonyl (C=O) groups excluding carboxylic acids is 3. The first-order valence-electron chi connectivity index (χ1n) is 19.8. The molecule has 5 aromatic rings. The van der Waals surface area contributed by atoms with Crippen LogP contribution in [0.4, 0.5) is 4.79 Å². The largest absolute Gasteiger partial charge is 0.453 e. The molecule has 0 radical (unpaired) electrons. The maximum atomic E-state index is 13.9. The van der Waals surface area contributed by atoms with Crippen LogP contribution in [0.2, 0.25) is 0 Å². The van der Waals surface area contributed by atoms with Crippen molar-refractivity contribution < 1.29 is 23.9 Å². The van der Waals surface area contributed by atoms with Gasteiger partial charge in [-0.05, 0) is 79.2 Å². The Morgan fingerprint density at radius 3 is 1.73 bits per heavy atom. The number of aromatic amines is 2. The van der Waals surface area contributed by atoms with Crippen molar-refractivity contribution in [2.75, 3.05) is 33.4 Å². The van der Waals surface area contributed by atoms with Crippen LogP contribution in [0.25, 0.3) is 33.6 Å². The molecule has 0 saturated carbocycles. The lowest BCUT2D eigenvalue weighted by Gasteiger charge is -2.34. The molecule has 5 heterocycles. The molecular weight excluding hydrogens is 707 g/mol. The molecule has 0 unspecified atom stereocenters. The summed E-state index contributed by atoms with van der Waals surface area (Å²) in [6.45, 7) is 4.46. The van der Waals surface area contributed by atoms with Crippen molar-refractivity contribution in [1.29, 1.82) is 0 Å². The average molecular weight is 756 g/mol. The third-order valence-corrected chi connectivity index (χ3v) is 11.8. The number of amides is 3. The van der Waals surface area contributed by atoms with Gasteiger partial charge in [0.2, 0.25) is 11.8 Å². The van der Waals surface area contributed by atoms with Crippen molar-refractivity contribution in [3.63, 3.8) is 0 Å². The molecule has 3 aliphatic rings. The summed E-state index contributed by atoms with van der Waals surface area (Å²) in [5.41, 5.74) is 7.03. The monoisotopic (exact) mass is 755 g/mol. The van der Waals surface area contributed by atoms with Gasteiger partial charge in [-0.15, -0.1) is 0 Å². The second-order valence-corrected chi connectivity index (χ2v) is 15.1. The first-order valence-corrected chi connectivity index (χ1v) is 19.8. The second-order valence-electron chi connectivity index (χ2n) is 15.1. The molecule has 3 fully saturated rings. The maximum Gasteiger partial charge on any atom is 0.407 e. The summed E-state index contributed by atoms with van der Waals surface area (Å²) in [4.78, 5) is 60.0. The van der Waals surface area contributed by atoms with Crippen LogP contribution < -0.4 is 5.32 Å². The summed E-state index contributed by atoms with van der Waals surface area (Å²) in [5.74, 6) is 1.38. The molecule has 3 amide bonds.